The van der Waals surface area contributed by atoms with Crippen LogP contribution in [-0.4, -0.2) is 19.5 Å². The Kier molecular flexibility index (Phi) is 2.90. The van der Waals surface area contributed by atoms with E-state index >= 15 is 0 Å². The summed E-state index contributed by atoms with van der Waals surface area (Å²) in [5.74, 6) is -0.0370. The predicted octanol–water partition coefficient (Wildman–Crippen LogP) is 0.439. The lowest BCUT2D eigenvalue weighted by Crippen LogP contribution is -2.41. The van der Waals surface area contributed by atoms with E-state index in [0.717, 1.165) is 5.56 Å². The zero-order valence-corrected chi connectivity index (χ0v) is 10.9. The maximum Gasteiger partial charge on any atom is 0.349 e. The Morgan fingerprint density at radius 2 is 2.05 bits per heavy atom. The van der Waals surface area contributed by atoms with Crippen molar-refractivity contribution in [1.82, 2.24) is 14.4 Å². The lowest BCUT2D eigenvalue weighted by Gasteiger charge is -2.07. The molecule has 0 saturated carbocycles. The molecule has 0 atom stereocenters. The molecule has 0 aliphatic carbocycles. The number of pyridine rings is 1. The molecule has 1 N–H and O–H groups in total. The average Bonchev–Trinajstić information content (AvgIpc) is 2.50. The minimum absolute atomic E-state index is 0.0370. The molecule has 3 rings (SSSR count). The van der Waals surface area contributed by atoms with Gasteiger partial charge >= 0.3 is 5.56 Å². The SMILES string of the molecule is Cc1c(O)[n+](Cc2cncnc2)c2ccccn2c1=O. The monoisotopic (exact) mass is 269 g/mol. The van der Waals surface area contributed by atoms with Crippen LogP contribution >= 0.6 is 0 Å². The van der Waals surface area contributed by atoms with E-state index in [1.54, 1.807) is 42.2 Å². The van der Waals surface area contributed by atoms with Crippen LogP contribution in [0, 0.1) is 6.92 Å². The summed E-state index contributed by atoms with van der Waals surface area (Å²) in [4.78, 5) is 20.0. The predicted molar refractivity (Wildman–Crippen MR) is 71.4 cm³/mol. The summed E-state index contributed by atoms with van der Waals surface area (Å²) in [6.45, 7) is 2.00. The third-order valence-electron chi connectivity index (χ3n) is 3.20. The van der Waals surface area contributed by atoms with Gasteiger partial charge in [0.1, 0.15) is 18.4 Å². The quantitative estimate of drug-likeness (QED) is 0.685. The summed E-state index contributed by atoms with van der Waals surface area (Å²) in [6.07, 6.45) is 6.49. The molecule has 0 spiro atoms. The highest BCUT2D eigenvalue weighted by molar-refractivity contribution is 5.35. The minimum Gasteiger partial charge on any atom is -0.477 e. The van der Waals surface area contributed by atoms with Crippen molar-refractivity contribution in [3.63, 3.8) is 0 Å². The second kappa shape index (κ2) is 4.73. The molecule has 6 nitrogen and oxygen atoms in total. The molecule has 3 aromatic rings. The van der Waals surface area contributed by atoms with Gasteiger partial charge in [0.05, 0.1) is 6.20 Å². The van der Waals surface area contributed by atoms with Crippen molar-refractivity contribution in [2.45, 2.75) is 13.5 Å². The molecule has 3 aromatic heterocycles. The van der Waals surface area contributed by atoms with Crippen LogP contribution in [0.3, 0.4) is 0 Å². The highest BCUT2D eigenvalue weighted by Crippen LogP contribution is 2.09. The van der Waals surface area contributed by atoms with Gasteiger partial charge in [-0.25, -0.2) is 14.8 Å². The Balaban J connectivity index is 2.27. The summed E-state index contributed by atoms with van der Waals surface area (Å²) in [6, 6.07) is 5.38. The molecule has 0 aliphatic rings. The summed E-state index contributed by atoms with van der Waals surface area (Å²) < 4.78 is 3.17. The van der Waals surface area contributed by atoms with Gasteiger partial charge in [-0.2, -0.15) is 8.97 Å². The molecule has 0 fully saturated rings. The average molecular weight is 269 g/mol. The van der Waals surface area contributed by atoms with Gasteiger partial charge in [0.25, 0.3) is 11.5 Å². The Labute approximate surface area is 114 Å². The van der Waals surface area contributed by atoms with Crippen molar-refractivity contribution < 1.29 is 9.67 Å². The largest absolute Gasteiger partial charge is 0.477 e. The van der Waals surface area contributed by atoms with Gasteiger partial charge in [0.2, 0.25) is 0 Å². The normalized spacial score (nSPS) is 10.8. The first-order valence-electron chi connectivity index (χ1n) is 6.15. The number of fused-ring (bicyclic) bond motifs is 1. The van der Waals surface area contributed by atoms with Crippen LogP contribution in [-0.2, 0) is 6.54 Å². The van der Waals surface area contributed by atoms with Crippen LogP contribution in [0.5, 0.6) is 5.88 Å². The fraction of sp³-hybridized carbons (Fsp3) is 0.143. The van der Waals surface area contributed by atoms with Gasteiger partial charge in [-0.1, -0.05) is 6.07 Å². The third-order valence-corrected chi connectivity index (χ3v) is 3.20. The summed E-state index contributed by atoms with van der Waals surface area (Å²) >= 11 is 0. The van der Waals surface area contributed by atoms with Crippen LogP contribution in [0.15, 0.2) is 47.9 Å². The topological polar surface area (TPSA) is 71.4 Å². The molecule has 0 aliphatic heterocycles. The van der Waals surface area contributed by atoms with Crippen molar-refractivity contribution in [3.05, 3.63) is 64.6 Å². The molecule has 0 unspecified atom stereocenters. The van der Waals surface area contributed by atoms with Gasteiger partial charge in [0, 0.05) is 24.0 Å². The Hall–Kier alpha value is -2.76. The maximum atomic E-state index is 12.1. The maximum absolute atomic E-state index is 12.1. The zero-order valence-electron chi connectivity index (χ0n) is 10.9. The molecular formula is C14H13N4O2+. The summed E-state index contributed by atoms with van der Waals surface area (Å²) in [5, 5.41) is 10.2. The van der Waals surface area contributed by atoms with E-state index in [0.29, 0.717) is 17.8 Å². The van der Waals surface area contributed by atoms with Gasteiger partial charge < -0.3 is 5.11 Å². The molecule has 0 saturated heterocycles. The molecule has 3 heterocycles. The second-order valence-electron chi connectivity index (χ2n) is 4.52. The third kappa shape index (κ3) is 1.91. The lowest BCUT2D eigenvalue weighted by atomic mass is 10.3. The van der Waals surface area contributed by atoms with Crippen LogP contribution in [0.4, 0.5) is 0 Å². The van der Waals surface area contributed by atoms with Gasteiger partial charge in [-0.05, 0) is 13.0 Å². The highest BCUT2D eigenvalue weighted by atomic mass is 16.3. The van der Waals surface area contributed by atoms with E-state index in [4.69, 9.17) is 0 Å². The zero-order chi connectivity index (χ0) is 14.1. The van der Waals surface area contributed by atoms with E-state index in [9.17, 15) is 9.90 Å². The summed E-state index contributed by atoms with van der Waals surface area (Å²) in [5.41, 5.74) is 1.55. The molecule has 6 heteroatoms. The standard InChI is InChI=1S/C14H12N4O2/c1-10-13(19)17-5-3-2-4-12(17)18(14(10)20)8-11-6-15-9-16-7-11/h2-7,9H,8H2,1H3/p+1. The van der Waals surface area contributed by atoms with E-state index < -0.39 is 0 Å². The molecular weight excluding hydrogens is 256 g/mol. The van der Waals surface area contributed by atoms with E-state index in [-0.39, 0.29) is 11.4 Å². The first-order valence-corrected chi connectivity index (χ1v) is 6.15. The van der Waals surface area contributed by atoms with Gasteiger partial charge in [-0.15, -0.1) is 0 Å². The number of nitrogens with zero attached hydrogens (tertiary/aromatic N) is 4. The second-order valence-corrected chi connectivity index (χ2v) is 4.52. The number of rotatable bonds is 2. The van der Waals surface area contributed by atoms with Gasteiger partial charge in [-0.3, -0.25) is 0 Å². The van der Waals surface area contributed by atoms with Crippen molar-refractivity contribution in [2.24, 2.45) is 0 Å². The summed E-state index contributed by atoms with van der Waals surface area (Å²) in [7, 11) is 0. The van der Waals surface area contributed by atoms with E-state index in [2.05, 4.69) is 9.97 Å². The molecule has 0 aromatic carbocycles. The van der Waals surface area contributed by atoms with Crippen molar-refractivity contribution >= 4 is 5.65 Å². The first kappa shape index (κ1) is 12.3. The Morgan fingerprint density at radius 1 is 1.30 bits per heavy atom. The number of hydrogen-bond acceptors (Lipinski definition) is 4. The lowest BCUT2D eigenvalue weighted by molar-refractivity contribution is -0.672. The number of aromatic hydroxyl groups is 1. The van der Waals surface area contributed by atoms with E-state index in [1.807, 2.05) is 6.07 Å². The van der Waals surface area contributed by atoms with Crippen LogP contribution < -0.4 is 10.1 Å². The van der Waals surface area contributed by atoms with Crippen molar-refractivity contribution in [1.29, 1.82) is 0 Å². The molecule has 100 valence electrons. The van der Waals surface area contributed by atoms with Crippen molar-refractivity contribution in [3.8, 4) is 5.88 Å². The number of hydrogen-bond donors (Lipinski definition) is 1. The smallest absolute Gasteiger partial charge is 0.349 e. The molecule has 20 heavy (non-hydrogen) atoms. The molecule has 0 bridgehead atoms. The Bertz CT molecular complexity index is 828. The Morgan fingerprint density at radius 3 is 2.80 bits per heavy atom. The van der Waals surface area contributed by atoms with Gasteiger partial charge in [0.15, 0.2) is 0 Å². The first-order chi connectivity index (χ1) is 9.68. The van der Waals surface area contributed by atoms with E-state index in [1.165, 1.54) is 10.7 Å². The highest BCUT2D eigenvalue weighted by Gasteiger charge is 2.20. The van der Waals surface area contributed by atoms with Crippen LogP contribution in [0.2, 0.25) is 0 Å². The molecule has 0 radical (unpaired) electrons. The number of aromatic nitrogens is 4. The molecule has 0 amide bonds. The minimum atomic E-state index is -0.223. The fourth-order valence-corrected chi connectivity index (χ4v) is 2.16. The van der Waals surface area contributed by atoms with Crippen molar-refractivity contribution in [2.75, 3.05) is 0 Å². The van der Waals surface area contributed by atoms with Crippen LogP contribution in [0.25, 0.3) is 5.65 Å². The van der Waals surface area contributed by atoms with Crippen LogP contribution in [0.1, 0.15) is 11.1 Å². The fourth-order valence-electron chi connectivity index (χ4n) is 2.16.